The smallest absolute Gasteiger partial charge is 0.201 e. The molecule has 0 atom stereocenters. The van der Waals surface area contributed by atoms with E-state index in [4.69, 9.17) is 19.7 Å². The van der Waals surface area contributed by atoms with Gasteiger partial charge in [0, 0.05) is 0 Å². The van der Waals surface area contributed by atoms with E-state index in [-0.39, 0.29) is 11.4 Å². The molecular formula is C10H5N3. The molecule has 0 aliphatic heterocycles. The highest BCUT2D eigenvalue weighted by atomic mass is 14.8. The molecule has 0 bridgehead atoms. The standard InChI is InChI=1S/C10H5N3/c1-7-5-6-8(11-2)10(13-4)9(7)12-3/h5-6H,1H3. The number of hydrogen-bond acceptors (Lipinski definition) is 0. The summed E-state index contributed by atoms with van der Waals surface area (Å²) in [5.74, 6) is 0. The van der Waals surface area contributed by atoms with Crippen molar-refractivity contribution in [1.82, 2.24) is 0 Å². The Labute approximate surface area is 76.7 Å². The number of rotatable bonds is 0. The van der Waals surface area contributed by atoms with E-state index >= 15 is 0 Å². The van der Waals surface area contributed by atoms with E-state index in [1.54, 1.807) is 19.1 Å². The molecule has 0 spiro atoms. The molecule has 0 amide bonds. The Bertz CT molecular complexity index is 467. The fourth-order valence-corrected chi connectivity index (χ4v) is 1.01. The highest BCUT2D eigenvalue weighted by Gasteiger charge is 2.10. The molecule has 60 valence electrons. The van der Waals surface area contributed by atoms with E-state index in [9.17, 15) is 0 Å². The maximum Gasteiger partial charge on any atom is 0.201 e. The lowest BCUT2D eigenvalue weighted by atomic mass is 10.1. The molecule has 3 nitrogen and oxygen atoms in total. The third-order valence-corrected chi connectivity index (χ3v) is 1.68. The third-order valence-electron chi connectivity index (χ3n) is 1.68. The second-order valence-electron chi connectivity index (χ2n) is 2.43. The molecule has 3 heteroatoms. The first-order valence-corrected chi connectivity index (χ1v) is 3.50. The van der Waals surface area contributed by atoms with E-state index in [0.29, 0.717) is 5.69 Å². The van der Waals surface area contributed by atoms with Crippen molar-refractivity contribution in [2.75, 3.05) is 0 Å². The van der Waals surface area contributed by atoms with E-state index in [1.165, 1.54) is 0 Å². The van der Waals surface area contributed by atoms with Crippen molar-refractivity contribution in [3.8, 4) is 0 Å². The second kappa shape index (κ2) is 3.39. The molecule has 0 saturated heterocycles. The fraction of sp³-hybridized carbons (Fsp3) is 0.100. The lowest BCUT2D eigenvalue weighted by Gasteiger charge is -2.00. The van der Waals surface area contributed by atoms with Gasteiger partial charge in [0.1, 0.15) is 0 Å². The number of aryl methyl sites for hydroxylation is 1. The zero-order chi connectivity index (χ0) is 9.84. The van der Waals surface area contributed by atoms with Crippen LogP contribution in [0.25, 0.3) is 14.5 Å². The Morgan fingerprint density at radius 3 is 2.00 bits per heavy atom. The van der Waals surface area contributed by atoms with Crippen molar-refractivity contribution in [1.29, 1.82) is 0 Å². The van der Waals surface area contributed by atoms with Gasteiger partial charge in [0.05, 0.1) is 19.7 Å². The average molecular weight is 167 g/mol. The van der Waals surface area contributed by atoms with Crippen LogP contribution in [-0.2, 0) is 0 Å². The van der Waals surface area contributed by atoms with Crippen LogP contribution in [0.5, 0.6) is 0 Å². The summed E-state index contributed by atoms with van der Waals surface area (Å²) in [6.07, 6.45) is 0. The normalized spacial score (nSPS) is 8.15. The van der Waals surface area contributed by atoms with Crippen LogP contribution in [-0.4, -0.2) is 0 Å². The number of hydrogen-bond donors (Lipinski definition) is 0. The fourth-order valence-electron chi connectivity index (χ4n) is 1.01. The van der Waals surface area contributed by atoms with Gasteiger partial charge in [0.25, 0.3) is 0 Å². The number of nitrogens with zero attached hydrogens (tertiary/aromatic N) is 3. The maximum absolute atomic E-state index is 6.88. The lowest BCUT2D eigenvalue weighted by molar-refractivity contribution is 1.50. The molecule has 0 aliphatic rings. The average Bonchev–Trinajstić information content (AvgIpc) is 2.17. The first kappa shape index (κ1) is 8.78. The van der Waals surface area contributed by atoms with Crippen LogP contribution in [0.3, 0.4) is 0 Å². The zero-order valence-electron chi connectivity index (χ0n) is 7.00. The van der Waals surface area contributed by atoms with Crippen LogP contribution in [0.4, 0.5) is 17.1 Å². The largest absolute Gasteiger partial charge is 0.262 e. The Hall–Kier alpha value is -2.31. The molecule has 0 N–H and O–H groups in total. The molecule has 0 aliphatic carbocycles. The zero-order valence-corrected chi connectivity index (χ0v) is 7.00. The maximum atomic E-state index is 6.88. The van der Waals surface area contributed by atoms with Gasteiger partial charge < -0.3 is 0 Å². The van der Waals surface area contributed by atoms with Gasteiger partial charge in [-0.1, -0.05) is 24.6 Å². The van der Waals surface area contributed by atoms with Gasteiger partial charge in [0.15, 0.2) is 11.4 Å². The van der Waals surface area contributed by atoms with Crippen molar-refractivity contribution < 1.29 is 0 Å². The summed E-state index contributed by atoms with van der Waals surface area (Å²) in [5, 5.41) is 0. The van der Waals surface area contributed by atoms with Crippen molar-refractivity contribution in [2.24, 2.45) is 0 Å². The summed E-state index contributed by atoms with van der Waals surface area (Å²) in [7, 11) is 0. The summed E-state index contributed by atoms with van der Waals surface area (Å²) in [6.45, 7) is 22.3. The molecule has 0 radical (unpaired) electrons. The van der Waals surface area contributed by atoms with Gasteiger partial charge in [-0.05, 0) is 0 Å². The van der Waals surface area contributed by atoms with Gasteiger partial charge in [-0.3, -0.25) is 14.5 Å². The molecule has 1 aromatic rings. The predicted molar refractivity (Wildman–Crippen MR) is 50.0 cm³/mol. The molecule has 0 aromatic heterocycles. The van der Waals surface area contributed by atoms with Crippen molar-refractivity contribution in [2.45, 2.75) is 6.92 Å². The van der Waals surface area contributed by atoms with Gasteiger partial charge in [-0.15, -0.1) is 0 Å². The Kier molecular flexibility index (Phi) is 2.29. The topological polar surface area (TPSA) is 13.1 Å². The molecule has 1 rings (SSSR count). The first-order chi connectivity index (χ1) is 6.24. The first-order valence-electron chi connectivity index (χ1n) is 3.50. The van der Waals surface area contributed by atoms with Crippen LogP contribution in [0.15, 0.2) is 12.1 Å². The Morgan fingerprint density at radius 2 is 1.54 bits per heavy atom. The van der Waals surface area contributed by atoms with Crippen LogP contribution in [0.2, 0.25) is 0 Å². The van der Waals surface area contributed by atoms with Gasteiger partial charge in [-0.2, -0.15) is 0 Å². The summed E-state index contributed by atoms with van der Waals surface area (Å²) in [5.41, 5.74) is 1.47. The molecule has 0 fully saturated rings. The van der Waals surface area contributed by atoms with E-state index < -0.39 is 0 Å². The highest BCUT2D eigenvalue weighted by molar-refractivity contribution is 5.86. The lowest BCUT2D eigenvalue weighted by Crippen LogP contribution is -1.72. The summed E-state index contributed by atoms with van der Waals surface area (Å²) >= 11 is 0. The van der Waals surface area contributed by atoms with Crippen LogP contribution < -0.4 is 0 Å². The molecule has 13 heavy (non-hydrogen) atoms. The minimum atomic E-state index is 0.171. The van der Waals surface area contributed by atoms with Crippen LogP contribution in [0, 0.1) is 26.6 Å². The molecule has 1 aromatic carbocycles. The van der Waals surface area contributed by atoms with Crippen molar-refractivity contribution in [3.63, 3.8) is 0 Å². The van der Waals surface area contributed by atoms with Crippen molar-refractivity contribution in [3.05, 3.63) is 51.9 Å². The Balaban J connectivity index is 3.63. The molecule has 0 heterocycles. The summed E-state index contributed by atoms with van der Waals surface area (Å²) in [6, 6.07) is 3.26. The van der Waals surface area contributed by atoms with Crippen LogP contribution >= 0.6 is 0 Å². The highest BCUT2D eigenvalue weighted by Crippen LogP contribution is 2.40. The van der Waals surface area contributed by atoms with Gasteiger partial charge in [0.2, 0.25) is 5.69 Å². The second-order valence-corrected chi connectivity index (χ2v) is 2.43. The van der Waals surface area contributed by atoms with Gasteiger partial charge >= 0.3 is 0 Å². The number of benzene rings is 1. The van der Waals surface area contributed by atoms with Crippen molar-refractivity contribution >= 4 is 17.1 Å². The minimum absolute atomic E-state index is 0.171. The van der Waals surface area contributed by atoms with E-state index in [1.807, 2.05) is 0 Å². The SMILES string of the molecule is [C-]#[N+]c1ccc(C)c([N+]#[C-])c1[N+]#[C-]. The molecular weight excluding hydrogens is 162 g/mol. The molecule has 0 unspecified atom stereocenters. The Morgan fingerprint density at radius 1 is 0.923 bits per heavy atom. The van der Waals surface area contributed by atoms with E-state index in [2.05, 4.69) is 14.5 Å². The van der Waals surface area contributed by atoms with Gasteiger partial charge in [-0.25, -0.2) is 0 Å². The van der Waals surface area contributed by atoms with Crippen LogP contribution in [0.1, 0.15) is 5.56 Å². The minimum Gasteiger partial charge on any atom is -0.262 e. The van der Waals surface area contributed by atoms with E-state index in [0.717, 1.165) is 5.56 Å². The summed E-state index contributed by atoms with van der Waals surface area (Å²) in [4.78, 5) is 9.62. The molecule has 0 saturated carbocycles. The quantitative estimate of drug-likeness (QED) is 0.523. The predicted octanol–water partition coefficient (Wildman–Crippen LogP) is 3.65. The summed E-state index contributed by atoms with van der Waals surface area (Å²) < 4.78 is 0. The monoisotopic (exact) mass is 167 g/mol. The third kappa shape index (κ3) is 1.34.